The van der Waals surface area contributed by atoms with Crippen molar-refractivity contribution in [2.45, 2.75) is 38.6 Å². The molecule has 4 heteroatoms. The van der Waals surface area contributed by atoms with Gasteiger partial charge in [-0.05, 0) is 50.3 Å². The fourth-order valence-corrected chi connectivity index (χ4v) is 3.27. The number of hydrogen-bond donors (Lipinski definition) is 2. The van der Waals surface area contributed by atoms with E-state index in [0.717, 1.165) is 37.0 Å². The maximum absolute atomic E-state index is 12.4. The maximum Gasteiger partial charge on any atom is 0.223 e. The van der Waals surface area contributed by atoms with E-state index in [2.05, 4.69) is 5.32 Å². The van der Waals surface area contributed by atoms with Crippen LogP contribution in [0.1, 0.15) is 31.7 Å². The summed E-state index contributed by atoms with van der Waals surface area (Å²) in [4.78, 5) is 12.4. The Morgan fingerprint density at radius 3 is 2.90 bits per heavy atom. The van der Waals surface area contributed by atoms with Crippen LogP contribution in [-0.4, -0.2) is 25.6 Å². The minimum Gasteiger partial charge on any atom is -0.496 e. The lowest BCUT2D eigenvalue weighted by Gasteiger charge is -2.21. The molecule has 1 fully saturated rings. The van der Waals surface area contributed by atoms with Gasteiger partial charge < -0.3 is 15.8 Å². The fourth-order valence-electron chi connectivity index (χ4n) is 3.27. The van der Waals surface area contributed by atoms with Gasteiger partial charge in [0, 0.05) is 12.0 Å². The average Bonchev–Trinajstić information content (AvgIpc) is 2.96. The standard InChI is InChI=1S/C17H26N2O2/c1-12(10-13-6-3-4-9-16(13)21-2)19-17(20)15-8-5-7-14(15)11-18/h3-4,6,9,12,14-15H,5,7-8,10-11,18H2,1-2H3,(H,19,20). The largest absolute Gasteiger partial charge is 0.496 e. The summed E-state index contributed by atoms with van der Waals surface area (Å²) in [5, 5.41) is 3.14. The summed E-state index contributed by atoms with van der Waals surface area (Å²) < 4.78 is 5.36. The second-order valence-electron chi connectivity index (χ2n) is 5.96. The minimum absolute atomic E-state index is 0.0906. The highest BCUT2D eigenvalue weighted by atomic mass is 16.5. The number of benzene rings is 1. The van der Waals surface area contributed by atoms with Gasteiger partial charge in [0.2, 0.25) is 5.91 Å². The lowest BCUT2D eigenvalue weighted by Crippen LogP contribution is -2.40. The van der Waals surface area contributed by atoms with Crippen LogP contribution in [-0.2, 0) is 11.2 Å². The smallest absolute Gasteiger partial charge is 0.223 e. The zero-order valence-electron chi connectivity index (χ0n) is 13.0. The molecule has 1 aliphatic rings. The second kappa shape index (κ2) is 7.46. The molecule has 0 heterocycles. The highest BCUT2D eigenvalue weighted by molar-refractivity contribution is 5.79. The van der Waals surface area contributed by atoms with Crippen molar-refractivity contribution in [3.8, 4) is 5.75 Å². The Balaban J connectivity index is 1.92. The minimum atomic E-state index is 0.0906. The van der Waals surface area contributed by atoms with Gasteiger partial charge in [0.1, 0.15) is 5.75 Å². The van der Waals surface area contributed by atoms with Crippen molar-refractivity contribution >= 4 is 5.91 Å². The number of nitrogens with one attached hydrogen (secondary N) is 1. The number of para-hydroxylation sites is 1. The van der Waals surface area contributed by atoms with Crippen LogP contribution in [0.4, 0.5) is 0 Å². The Morgan fingerprint density at radius 1 is 1.43 bits per heavy atom. The summed E-state index contributed by atoms with van der Waals surface area (Å²) in [6, 6.07) is 8.03. The molecule has 1 amide bonds. The zero-order chi connectivity index (χ0) is 15.2. The molecular weight excluding hydrogens is 264 g/mol. The molecule has 0 aliphatic heterocycles. The molecule has 0 saturated heterocycles. The molecule has 3 unspecified atom stereocenters. The van der Waals surface area contributed by atoms with Crippen molar-refractivity contribution in [3.63, 3.8) is 0 Å². The van der Waals surface area contributed by atoms with E-state index in [9.17, 15) is 4.79 Å². The third-order valence-electron chi connectivity index (χ3n) is 4.41. The molecule has 116 valence electrons. The summed E-state index contributed by atoms with van der Waals surface area (Å²) in [7, 11) is 1.67. The van der Waals surface area contributed by atoms with E-state index in [1.165, 1.54) is 0 Å². The fraction of sp³-hybridized carbons (Fsp3) is 0.588. The Bertz CT molecular complexity index is 476. The molecule has 1 saturated carbocycles. The molecule has 3 atom stereocenters. The van der Waals surface area contributed by atoms with E-state index in [1.807, 2.05) is 31.2 Å². The quantitative estimate of drug-likeness (QED) is 0.843. The molecule has 2 rings (SSSR count). The predicted molar refractivity (Wildman–Crippen MR) is 84.2 cm³/mol. The van der Waals surface area contributed by atoms with Crippen LogP contribution < -0.4 is 15.8 Å². The van der Waals surface area contributed by atoms with Crippen LogP contribution in [0.2, 0.25) is 0 Å². The number of amides is 1. The molecule has 0 spiro atoms. The van der Waals surface area contributed by atoms with E-state index in [0.29, 0.717) is 12.5 Å². The van der Waals surface area contributed by atoms with Crippen LogP contribution in [0, 0.1) is 11.8 Å². The molecule has 1 aromatic rings. The van der Waals surface area contributed by atoms with Gasteiger partial charge in [0.15, 0.2) is 0 Å². The Kier molecular flexibility index (Phi) is 5.62. The van der Waals surface area contributed by atoms with Gasteiger partial charge >= 0.3 is 0 Å². The zero-order valence-corrected chi connectivity index (χ0v) is 13.0. The van der Waals surface area contributed by atoms with Gasteiger partial charge in [-0.1, -0.05) is 24.6 Å². The number of carbonyl (C=O) groups excluding carboxylic acids is 1. The molecule has 4 nitrogen and oxygen atoms in total. The normalized spacial score (nSPS) is 22.8. The van der Waals surface area contributed by atoms with Crippen molar-refractivity contribution in [1.29, 1.82) is 0 Å². The van der Waals surface area contributed by atoms with Gasteiger partial charge in [0.25, 0.3) is 0 Å². The van der Waals surface area contributed by atoms with E-state index in [-0.39, 0.29) is 17.9 Å². The van der Waals surface area contributed by atoms with E-state index in [4.69, 9.17) is 10.5 Å². The highest BCUT2D eigenvalue weighted by Crippen LogP contribution is 2.31. The molecule has 1 aromatic carbocycles. The van der Waals surface area contributed by atoms with Crippen LogP contribution in [0.3, 0.4) is 0 Å². The van der Waals surface area contributed by atoms with Gasteiger partial charge in [-0.2, -0.15) is 0 Å². The molecule has 0 aromatic heterocycles. The van der Waals surface area contributed by atoms with Crippen LogP contribution >= 0.6 is 0 Å². The van der Waals surface area contributed by atoms with Crippen molar-refractivity contribution in [3.05, 3.63) is 29.8 Å². The number of methoxy groups -OCH3 is 1. The highest BCUT2D eigenvalue weighted by Gasteiger charge is 2.32. The Hall–Kier alpha value is -1.55. The van der Waals surface area contributed by atoms with Gasteiger partial charge in [-0.25, -0.2) is 0 Å². The summed E-state index contributed by atoms with van der Waals surface area (Å²) in [5.74, 6) is 1.48. The summed E-state index contributed by atoms with van der Waals surface area (Å²) in [6.45, 7) is 2.65. The molecule has 0 bridgehead atoms. The van der Waals surface area contributed by atoms with E-state index in [1.54, 1.807) is 7.11 Å². The molecule has 1 aliphatic carbocycles. The third kappa shape index (κ3) is 3.97. The van der Waals surface area contributed by atoms with Gasteiger partial charge in [-0.3, -0.25) is 4.79 Å². The SMILES string of the molecule is COc1ccccc1CC(C)NC(=O)C1CCCC1CN. The van der Waals surface area contributed by atoms with Crippen molar-refractivity contribution in [2.24, 2.45) is 17.6 Å². The van der Waals surface area contributed by atoms with Crippen LogP contribution in [0.5, 0.6) is 5.75 Å². The van der Waals surface area contributed by atoms with Crippen molar-refractivity contribution in [1.82, 2.24) is 5.32 Å². The predicted octanol–water partition coefficient (Wildman–Crippen LogP) is 2.12. The molecule has 21 heavy (non-hydrogen) atoms. The van der Waals surface area contributed by atoms with Gasteiger partial charge in [0.05, 0.1) is 7.11 Å². The van der Waals surface area contributed by atoms with Crippen LogP contribution in [0.25, 0.3) is 0 Å². The number of nitrogens with two attached hydrogens (primary N) is 1. The summed E-state index contributed by atoms with van der Waals surface area (Å²) in [6.07, 6.45) is 3.93. The lowest BCUT2D eigenvalue weighted by atomic mass is 9.94. The van der Waals surface area contributed by atoms with Crippen LogP contribution in [0.15, 0.2) is 24.3 Å². The number of hydrogen-bond acceptors (Lipinski definition) is 3. The summed E-state index contributed by atoms with van der Waals surface area (Å²) in [5.41, 5.74) is 6.88. The molecule has 0 radical (unpaired) electrons. The molecule has 3 N–H and O–H groups in total. The maximum atomic E-state index is 12.4. The lowest BCUT2D eigenvalue weighted by molar-refractivity contribution is -0.126. The van der Waals surface area contributed by atoms with E-state index >= 15 is 0 Å². The average molecular weight is 290 g/mol. The summed E-state index contributed by atoms with van der Waals surface area (Å²) >= 11 is 0. The topological polar surface area (TPSA) is 64.3 Å². The second-order valence-corrected chi connectivity index (χ2v) is 5.96. The van der Waals surface area contributed by atoms with E-state index < -0.39 is 0 Å². The first kappa shape index (κ1) is 15.8. The van der Waals surface area contributed by atoms with Crippen molar-refractivity contribution < 1.29 is 9.53 Å². The number of ether oxygens (including phenoxy) is 1. The number of rotatable bonds is 6. The Morgan fingerprint density at radius 2 is 2.19 bits per heavy atom. The van der Waals surface area contributed by atoms with Gasteiger partial charge in [-0.15, -0.1) is 0 Å². The molecular formula is C17H26N2O2. The number of carbonyl (C=O) groups is 1. The monoisotopic (exact) mass is 290 g/mol. The first-order chi connectivity index (χ1) is 10.2. The Labute approximate surface area is 127 Å². The first-order valence-electron chi connectivity index (χ1n) is 7.78. The van der Waals surface area contributed by atoms with Crippen molar-refractivity contribution in [2.75, 3.05) is 13.7 Å². The third-order valence-corrected chi connectivity index (χ3v) is 4.41. The first-order valence-corrected chi connectivity index (χ1v) is 7.78.